The zero-order valence-electron chi connectivity index (χ0n) is 9.79. The first kappa shape index (κ1) is 11.3. The van der Waals surface area contributed by atoms with Crippen LogP contribution in [0.5, 0.6) is 5.88 Å². The third kappa shape index (κ3) is 3.13. The molecule has 0 atom stereocenters. The van der Waals surface area contributed by atoms with Gasteiger partial charge in [0.25, 0.3) is 0 Å². The molecule has 7 heteroatoms. The van der Waals surface area contributed by atoms with E-state index in [1.165, 1.54) is 6.33 Å². The topological polar surface area (TPSA) is 77.8 Å². The lowest BCUT2D eigenvalue weighted by atomic mass is 10.4. The van der Waals surface area contributed by atoms with Crippen molar-refractivity contribution in [2.24, 2.45) is 7.05 Å². The Morgan fingerprint density at radius 1 is 1.35 bits per heavy atom. The maximum Gasteiger partial charge on any atom is 0.218 e. The molecule has 0 aromatic carbocycles. The first-order valence-electron chi connectivity index (χ1n) is 5.22. The minimum atomic E-state index is 0.540. The molecule has 0 spiro atoms. The Labute approximate surface area is 98.9 Å². The Hall–Kier alpha value is -2.18. The van der Waals surface area contributed by atoms with Gasteiger partial charge >= 0.3 is 0 Å². The number of aromatic nitrogens is 5. The predicted octanol–water partition coefficient (Wildman–Crippen LogP) is 0.268. The van der Waals surface area contributed by atoms with Gasteiger partial charge in [0, 0.05) is 26.1 Å². The Morgan fingerprint density at radius 3 is 2.94 bits per heavy atom. The minimum Gasteiger partial charge on any atom is -0.481 e. The van der Waals surface area contributed by atoms with Crippen LogP contribution < -0.4 is 10.1 Å². The van der Waals surface area contributed by atoms with Crippen LogP contribution in [-0.2, 0) is 13.5 Å². The number of anilines is 1. The first-order chi connectivity index (χ1) is 8.28. The van der Waals surface area contributed by atoms with Crippen LogP contribution in [0, 0.1) is 0 Å². The molecule has 0 saturated carbocycles. The molecule has 0 unspecified atom stereocenters. The molecule has 0 radical (unpaired) electrons. The van der Waals surface area contributed by atoms with Crippen molar-refractivity contribution in [1.82, 2.24) is 24.7 Å². The van der Waals surface area contributed by atoms with Gasteiger partial charge in [-0.2, -0.15) is 5.10 Å². The van der Waals surface area contributed by atoms with Gasteiger partial charge in [-0.05, 0) is 0 Å². The van der Waals surface area contributed by atoms with Crippen LogP contribution in [0.1, 0.15) is 5.82 Å². The number of methoxy groups -OCH3 is 1. The van der Waals surface area contributed by atoms with E-state index >= 15 is 0 Å². The average molecular weight is 234 g/mol. The van der Waals surface area contributed by atoms with Crippen molar-refractivity contribution in [3.8, 4) is 5.88 Å². The quantitative estimate of drug-likeness (QED) is 0.800. The molecular weight excluding hydrogens is 220 g/mol. The van der Waals surface area contributed by atoms with Gasteiger partial charge in [0.05, 0.1) is 7.11 Å². The highest BCUT2D eigenvalue weighted by atomic mass is 16.5. The summed E-state index contributed by atoms with van der Waals surface area (Å²) in [5.74, 6) is 2.08. The molecule has 0 saturated heterocycles. The van der Waals surface area contributed by atoms with Gasteiger partial charge in [0.15, 0.2) is 5.82 Å². The Bertz CT molecular complexity index is 483. The summed E-state index contributed by atoms with van der Waals surface area (Å²) < 4.78 is 6.69. The SMILES string of the molecule is COc1cc(NCCc2ncn(C)n2)ncn1. The van der Waals surface area contributed by atoms with Gasteiger partial charge in [-0.15, -0.1) is 0 Å². The van der Waals surface area contributed by atoms with Crippen LogP contribution in [0.2, 0.25) is 0 Å². The van der Waals surface area contributed by atoms with Crippen molar-refractivity contribution in [1.29, 1.82) is 0 Å². The number of aryl methyl sites for hydroxylation is 1. The normalized spacial score (nSPS) is 10.2. The van der Waals surface area contributed by atoms with Gasteiger partial charge in [-0.25, -0.2) is 15.0 Å². The van der Waals surface area contributed by atoms with E-state index in [9.17, 15) is 0 Å². The molecule has 0 fully saturated rings. The van der Waals surface area contributed by atoms with Crippen LogP contribution in [0.3, 0.4) is 0 Å². The summed E-state index contributed by atoms with van der Waals surface area (Å²) in [6, 6.07) is 1.74. The van der Waals surface area contributed by atoms with E-state index in [2.05, 4.69) is 25.4 Å². The van der Waals surface area contributed by atoms with Crippen LogP contribution in [-0.4, -0.2) is 38.4 Å². The van der Waals surface area contributed by atoms with E-state index in [0.717, 1.165) is 18.1 Å². The monoisotopic (exact) mass is 234 g/mol. The minimum absolute atomic E-state index is 0.540. The fraction of sp³-hybridized carbons (Fsp3) is 0.400. The van der Waals surface area contributed by atoms with E-state index in [-0.39, 0.29) is 0 Å². The molecule has 2 aromatic rings. The Kier molecular flexibility index (Phi) is 3.49. The number of ether oxygens (including phenoxy) is 1. The summed E-state index contributed by atoms with van der Waals surface area (Å²) in [4.78, 5) is 12.1. The van der Waals surface area contributed by atoms with Crippen molar-refractivity contribution < 1.29 is 4.74 Å². The molecule has 7 nitrogen and oxygen atoms in total. The maximum absolute atomic E-state index is 5.00. The highest BCUT2D eigenvalue weighted by Crippen LogP contribution is 2.09. The lowest BCUT2D eigenvalue weighted by Gasteiger charge is -2.04. The van der Waals surface area contributed by atoms with E-state index in [4.69, 9.17) is 4.74 Å². The second kappa shape index (κ2) is 5.24. The highest BCUT2D eigenvalue weighted by molar-refractivity contribution is 5.36. The molecular formula is C10H14N6O. The van der Waals surface area contributed by atoms with Crippen LogP contribution in [0.15, 0.2) is 18.7 Å². The van der Waals surface area contributed by atoms with Gasteiger partial charge in [0.2, 0.25) is 5.88 Å². The summed E-state index contributed by atoms with van der Waals surface area (Å²) in [6.07, 6.45) is 3.89. The molecule has 1 N–H and O–H groups in total. The zero-order chi connectivity index (χ0) is 12.1. The fourth-order valence-corrected chi connectivity index (χ4v) is 1.35. The molecule has 0 aliphatic heterocycles. The molecule has 2 heterocycles. The number of hydrogen-bond acceptors (Lipinski definition) is 6. The van der Waals surface area contributed by atoms with Crippen LogP contribution >= 0.6 is 0 Å². The van der Waals surface area contributed by atoms with Gasteiger partial charge in [-0.1, -0.05) is 0 Å². The Balaban J connectivity index is 1.85. The van der Waals surface area contributed by atoms with E-state index < -0.39 is 0 Å². The zero-order valence-corrected chi connectivity index (χ0v) is 9.79. The second-order valence-electron chi connectivity index (χ2n) is 3.46. The molecule has 2 rings (SSSR count). The van der Waals surface area contributed by atoms with Crippen molar-refractivity contribution in [2.45, 2.75) is 6.42 Å². The molecule has 90 valence electrons. The fourth-order valence-electron chi connectivity index (χ4n) is 1.35. The lowest BCUT2D eigenvalue weighted by Crippen LogP contribution is -2.08. The van der Waals surface area contributed by atoms with Gasteiger partial charge in [0.1, 0.15) is 18.5 Å². The number of nitrogens with one attached hydrogen (secondary N) is 1. The first-order valence-corrected chi connectivity index (χ1v) is 5.22. The van der Waals surface area contributed by atoms with E-state index in [1.807, 2.05) is 7.05 Å². The van der Waals surface area contributed by atoms with Gasteiger partial charge < -0.3 is 10.1 Å². The summed E-state index contributed by atoms with van der Waals surface area (Å²) in [5.41, 5.74) is 0. The molecule has 0 amide bonds. The number of hydrogen-bond donors (Lipinski definition) is 1. The number of rotatable bonds is 5. The van der Waals surface area contributed by atoms with E-state index in [1.54, 1.807) is 24.2 Å². The second-order valence-corrected chi connectivity index (χ2v) is 3.46. The van der Waals surface area contributed by atoms with Crippen LogP contribution in [0.4, 0.5) is 5.82 Å². The highest BCUT2D eigenvalue weighted by Gasteiger charge is 2.00. The summed E-state index contributed by atoms with van der Waals surface area (Å²) in [5, 5.41) is 7.34. The maximum atomic E-state index is 5.00. The molecule has 2 aromatic heterocycles. The molecule has 17 heavy (non-hydrogen) atoms. The van der Waals surface area contributed by atoms with Crippen molar-refractivity contribution >= 4 is 5.82 Å². The summed E-state index contributed by atoms with van der Waals surface area (Å²) >= 11 is 0. The third-order valence-electron chi connectivity index (χ3n) is 2.15. The van der Waals surface area contributed by atoms with Crippen molar-refractivity contribution in [3.05, 3.63) is 24.5 Å². The predicted molar refractivity (Wildman–Crippen MR) is 61.8 cm³/mol. The standard InChI is InChI=1S/C10H14N6O/c1-16-7-14-8(15-16)3-4-11-9-5-10(17-2)13-6-12-9/h5-7H,3-4H2,1-2H3,(H,11,12,13). The van der Waals surface area contributed by atoms with Gasteiger partial charge in [-0.3, -0.25) is 4.68 Å². The third-order valence-corrected chi connectivity index (χ3v) is 2.15. The Morgan fingerprint density at radius 2 is 2.24 bits per heavy atom. The molecule has 0 bridgehead atoms. The average Bonchev–Trinajstić information content (AvgIpc) is 2.75. The lowest BCUT2D eigenvalue weighted by molar-refractivity contribution is 0.397. The number of nitrogens with zero attached hydrogens (tertiary/aromatic N) is 5. The summed E-state index contributed by atoms with van der Waals surface area (Å²) in [6.45, 7) is 0.712. The molecule has 0 aliphatic rings. The van der Waals surface area contributed by atoms with Crippen molar-refractivity contribution in [3.63, 3.8) is 0 Å². The molecule has 0 aliphatic carbocycles. The smallest absolute Gasteiger partial charge is 0.218 e. The van der Waals surface area contributed by atoms with E-state index in [0.29, 0.717) is 12.4 Å². The van der Waals surface area contributed by atoms with Crippen molar-refractivity contribution in [2.75, 3.05) is 19.0 Å². The summed E-state index contributed by atoms with van der Waals surface area (Å²) in [7, 11) is 3.42. The van der Waals surface area contributed by atoms with Crippen LogP contribution in [0.25, 0.3) is 0 Å². The largest absolute Gasteiger partial charge is 0.481 e.